The molecule has 44 heavy (non-hydrogen) atoms. The SMILES string of the molecule is CC(=O)C1=C(O)[C@]2(O)C(=O)C3=C(O)c4c(O)c(C(=O)O)cc(-c5ccc(C(C)C)cc5)c4C[C@]3(C)C[C@]2(C)C(C(C)C)C1=O. The summed E-state index contributed by atoms with van der Waals surface area (Å²) < 4.78 is 0. The largest absolute Gasteiger partial charge is 0.508 e. The van der Waals surface area contributed by atoms with Crippen molar-refractivity contribution in [3.8, 4) is 16.9 Å². The second-order valence-electron chi connectivity index (χ2n) is 13.7. The standard InChI is InChI=1S/C35H38O9/c1-15(2)18-8-10-19(11-9-18)20-12-21(32(42)43)27(37)24-22(20)13-33(6)14-34(7)25(16(3)4)28(38)23(17(5)36)30(40)35(34,44)31(41)26(33)29(24)39/h8-12,15-16,25,37,39-40,44H,13-14H2,1-7H3,(H,42,43)/t25?,33-,34-,35+/m1/s1. The second-order valence-corrected chi connectivity index (χ2v) is 13.7. The number of aliphatic hydroxyl groups excluding tert-OH is 2. The van der Waals surface area contributed by atoms with Crippen molar-refractivity contribution in [2.75, 3.05) is 0 Å². The van der Waals surface area contributed by atoms with Crippen molar-refractivity contribution in [3.63, 3.8) is 0 Å². The zero-order valence-electron chi connectivity index (χ0n) is 25.9. The van der Waals surface area contributed by atoms with Crippen LogP contribution in [-0.2, 0) is 20.8 Å². The third-order valence-electron chi connectivity index (χ3n) is 10.1. The molecule has 0 amide bonds. The number of allylic oxidation sites excluding steroid dienone is 1. The topological polar surface area (TPSA) is 169 Å². The summed E-state index contributed by atoms with van der Waals surface area (Å²) in [5, 5.41) is 56.5. The molecule has 0 saturated heterocycles. The highest BCUT2D eigenvalue weighted by Crippen LogP contribution is 2.65. The van der Waals surface area contributed by atoms with Crippen molar-refractivity contribution in [1.82, 2.24) is 0 Å². The number of carboxylic acid groups (broad SMARTS) is 1. The van der Waals surface area contributed by atoms with Crippen molar-refractivity contribution >= 4 is 29.1 Å². The number of aromatic hydroxyl groups is 1. The fourth-order valence-electron chi connectivity index (χ4n) is 8.25. The van der Waals surface area contributed by atoms with Crippen molar-refractivity contribution in [2.45, 2.75) is 72.8 Å². The Labute approximate surface area is 255 Å². The minimum atomic E-state index is -2.74. The van der Waals surface area contributed by atoms with E-state index in [0.29, 0.717) is 16.7 Å². The van der Waals surface area contributed by atoms with E-state index >= 15 is 0 Å². The molecule has 4 atom stereocenters. The number of Topliss-reactive ketones (excluding diaryl/α,β-unsaturated/α-hetero) is 3. The molecule has 1 saturated carbocycles. The Bertz CT molecular complexity index is 1720. The molecule has 5 N–H and O–H groups in total. The number of phenols is 1. The molecule has 0 bridgehead atoms. The number of benzene rings is 2. The lowest BCUT2D eigenvalue weighted by atomic mass is 9.43. The molecule has 9 nitrogen and oxygen atoms in total. The van der Waals surface area contributed by atoms with Crippen LogP contribution < -0.4 is 0 Å². The lowest BCUT2D eigenvalue weighted by Gasteiger charge is -2.59. The first-order chi connectivity index (χ1) is 20.3. The average molecular weight is 603 g/mol. The first kappa shape index (κ1) is 31.2. The number of aromatic carboxylic acids is 1. The molecule has 2 aromatic carbocycles. The van der Waals surface area contributed by atoms with E-state index < -0.39 is 80.0 Å². The maximum Gasteiger partial charge on any atom is 0.339 e. The zero-order valence-corrected chi connectivity index (χ0v) is 25.9. The van der Waals surface area contributed by atoms with Gasteiger partial charge in [0.2, 0.25) is 5.78 Å². The Morgan fingerprint density at radius 3 is 2.07 bits per heavy atom. The van der Waals surface area contributed by atoms with Gasteiger partial charge in [-0.15, -0.1) is 0 Å². The molecule has 1 unspecified atom stereocenters. The van der Waals surface area contributed by atoms with Gasteiger partial charge in [0, 0.05) is 22.3 Å². The van der Waals surface area contributed by atoms with E-state index in [-0.39, 0.29) is 29.9 Å². The van der Waals surface area contributed by atoms with Crippen LogP contribution in [-0.4, -0.2) is 54.5 Å². The molecule has 0 spiro atoms. The Hall–Kier alpha value is -4.24. The number of hydrogen-bond donors (Lipinski definition) is 5. The van der Waals surface area contributed by atoms with Crippen LogP contribution in [0.25, 0.3) is 16.9 Å². The van der Waals surface area contributed by atoms with Crippen molar-refractivity contribution < 1.29 is 44.7 Å². The summed E-state index contributed by atoms with van der Waals surface area (Å²) in [6.45, 7) is 11.9. The maximum atomic E-state index is 14.5. The Balaban J connectivity index is 1.85. The van der Waals surface area contributed by atoms with Gasteiger partial charge >= 0.3 is 5.97 Å². The van der Waals surface area contributed by atoms with E-state index in [1.165, 1.54) is 6.07 Å². The van der Waals surface area contributed by atoms with Gasteiger partial charge in [-0.05, 0) is 59.9 Å². The van der Waals surface area contributed by atoms with Crippen LogP contribution in [0.3, 0.4) is 0 Å². The zero-order chi connectivity index (χ0) is 32.8. The molecule has 0 radical (unpaired) electrons. The number of hydrogen-bond acceptors (Lipinski definition) is 8. The second kappa shape index (κ2) is 9.89. The van der Waals surface area contributed by atoms with Gasteiger partial charge in [0.15, 0.2) is 17.2 Å². The molecule has 3 aliphatic carbocycles. The quantitative estimate of drug-likeness (QED) is 0.270. The summed E-state index contributed by atoms with van der Waals surface area (Å²) in [5.41, 5.74) is -4.71. The predicted octanol–water partition coefficient (Wildman–Crippen LogP) is 5.68. The van der Waals surface area contributed by atoms with E-state index in [9.17, 15) is 44.7 Å². The third-order valence-corrected chi connectivity index (χ3v) is 10.1. The molecular weight excluding hydrogens is 564 g/mol. The number of rotatable bonds is 5. The van der Waals surface area contributed by atoms with Gasteiger partial charge in [0.25, 0.3) is 0 Å². The van der Waals surface area contributed by atoms with Crippen molar-refractivity contribution in [3.05, 3.63) is 69.5 Å². The highest BCUT2D eigenvalue weighted by molar-refractivity contribution is 6.24. The first-order valence-corrected chi connectivity index (χ1v) is 14.8. The molecule has 0 aliphatic heterocycles. The highest BCUT2D eigenvalue weighted by Gasteiger charge is 2.72. The minimum Gasteiger partial charge on any atom is -0.508 e. The number of carboxylic acids is 1. The number of carbonyl (C=O) groups excluding carboxylic acids is 3. The normalized spacial score (nSPS) is 28.3. The number of ketones is 3. The van der Waals surface area contributed by atoms with Gasteiger partial charge < -0.3 is 25.5 Å². The molecule has 9 heteroatoms. The Morgan fingerprint density at radius 1 is 0.977 bits per heavy atom. The van der Waals surface area contributed by atoms with Crippen LogP contribution in [0.5, 0.6) is 5.75 Å². The van der Waals surface area contributed by atoms with Crippen molar-refractivity contribution in [2.24, 2.45) is 22.7 Å². The monoisotopic (exact) mass is 602 g/mol. The minimum absolute atomic E-state index is 0.0386. The highest BCUT2D eigenvalue weighted by atomic mass is 16.4. The van der Waals surface area contributed by atoms with E-state index in [4.69, 9.17) is 0 Å². The van der Waals surface area contributed by atoms with Crippen LogP contribution in [0.15, 0.2) is 47.2 Å². The van der Waals surface area contributed by atoms with E-state index in [1.54, 1.807) is 27.7 Å². The fraction of sp³-hybridized carbons (Fsp3) is 0.429. The van der Waals surface area contributed by atoms with E-state index in [2.05, 4.69) is 0 Å². The number of carbonyl (C=O) groups is 4. The summed E-state index contributed by atoms with van der Waals surface area (Å²) in [4.78, 5) is 53.0. The Morgan fingerprint density at radius 2 is 1.57 bits per heavy atom. The molecule has 5 rings (SSSR count). The van der Waals surface area contributed by atoms with Gasteiger partial charge in [-0.1, -0.05) is 65.8 Å². The van der Waals surface area contributed by atoms with Crippen LogP contribution in [0.1, 0.15) is 87.9 Å². The molecule has 0 heterocycles. The number of aliphatic hydroxyl groups is 3. The molecular formula is C35H38O9. The van der Waals surface area contributed by atoms with Crippen LogP contribution in [0.2, 0.25) is 0 Å². The summed E-state index contributed by atoms with van der Waals surface area (Å²) in [6, 6.07) is 8.84. The average Bonchev–Trinajstić information content (AvgIpc) is 2.90. The maximum absolute atomic E-state index is 14.5. The summed E-state index contributed by atoms with van der Waals surface area (Å²) in [5.74, 6) is -7.75. The lowest BCUT2D eigenvalue weighted by Crippen LogP contribution is -2.69. The lowest BCUT2D eigenvalue weighted by molar-refractivity contribution is -0.178. The van der Waals surface area contributed by atoms with Crippen LogP contribution >= 0.6 is 0 Å². The Kier molecular flexibility index (Phi) is 7.01. The predicted molar refractivity (Wildman–Crippen MR) is 162 cm³/mol. The third kappa shape index (κ3) is 3.94. The summed E-state index contributed by atoms with van der Waals surface area (Å²) in [6.07, 6.45) is -0.0189. The van der Waals surface area contributed by atoms with Gasteiger partial charge in [0.05, 0.1) is 5.56 Å². The van der Waals surface area contributed by atoms with Crippen LogP contribution in [0, 0.1) is 22.7 Å². The van der Waals surface area contributed by atoms with Crippen molar-refractivity contribution in [1.29, 1.82) is 0 Å². The molecule has 1 fully saturated rings. The smallest absolute Gasteiger partial charge is 0.339 e. The van der Waals surface area contributed by atoms with E-state index in [0.717, 1.165) is 12.5 Å². The molecule has 2 aromatic rings. The molecule has 3 aliphatic rings. The van der Waals surface area contributed by atoms with Gasteiger partial charge in [0.1, 0.15) is 28.4 Å². The fourth-order valence-corrected chi connectivity index (χ4v) is 8.25. The molecule has 0 aromatic heterocycles. The van der Waals surface area contributed by atoms with Gasteiger partial charge in [-0.2, -0.15) is 0 Å². The summed E-state index contributed by atoms with van der Waals surface area (Å²) >= 11 is 0. The van der Waals surface area contributed by atoms with Gasteiger partial charge in [-0.25, -0.2) is 4.79 Å². The summed E-state index contributed by atoms with van der Waals surface area (Å²) in [7, 11) is 0. The van der Waals surface area contributed by atoms with Crippen LogP contribution in [0.4, 0.5) is 0 Å². The van der Waals surface area contributed by atoms with Gasteiger partial charge in [-0.3, -0.25) is 14.4 Å². The number of fused-ring (bicyclic) bond motifs is 3. The molecule has 232 valence electrons. The van der Waals surface area contributed by atoms with E-state index in [1.807, 2.05) is 38.1 Å². The first-order valence-electron chi connectivity index (χ1n) is 14.8.